The van der Waals surface area contributed by atoms with Gasteiger partial charge in [-0.1, -0.05) is 18.0 Å². The highest BCUT2D eigenvalue weighted by Gasteiger charge is 2.43. The van der Waals surface area contributed by atoms with E-state index in [0.29, 0.717) is 50.8 Å². The van der Waals surface area contributed by atoms with Crippen LogP contribution in [-0.4, -0.2) is 41.0 Å². The largest absolute Gasteiger partial charge is 0.481 e. The highest BCUT2D eigenvalue weighted by molar-refractivity contribution is 5.75. The number of carbonyl (C=O) groups is 1. The highest BCUT2D eigenvalue weighted by Crippen LogP contribution is 2.41. The Labute approximate surface area is 116 Å². The van der Waals surface area contributed by atoms with E-state index in [0.717, 1.165) is 12.8 Å². The molecule has 1 saturated heterocycles. The predicted octanol–water partition coefficient (Wildman–Crippen LogP) is 1.34. The van der Waals surface area contributed by atoms with Crippen molar-refractivity contribution in [2.24, 2.45) is 5.41 Å². The van der Waals surface area contributed by atoms with Crippen LogP contribution in [0.2, 0.25) is 0 Å². The molecule has 3 rings (SSSR count). The standard InChI is InChI=1S/C13H18N2O5/c16-12(17)13(3-1-2-4-13)7-10-14-11(15-20-10)9-8-18-5-6-19-9/h9H,1-8H2,(H,16,17). The van der Waals surface area contributed by atoms with Crippen LogP contribution in [0.5, 0.6) is 0 Å². The lowest BCUT2D eigenvalue weighted by Gasteiger charge is -2.21. The summed E-state index contributed by atoms with van der Waals surface area (Å²) >= 11 is 0. The fourth-order valence-electron chi connectivity index (χ4n) is 2.91. The third kappa shape index (κ3) is 2.55. The lowest BCUT2D eigenvalue weighted by molar-refractivity contribution is -0.148. The first-order valence-electron chi connectivity index (χ1n) is 6.95. The van der Waals surface area contributed by atoms with Gasteiger partial charge < -0.3 is 19.1 Å². The minimum Gasteiger partial charge on any atom is -0.481 e. The number of hydrogen-bond acceptors (Lipinski definition) is 6. The van der Waals surface area contributed by atoms with Gasteiger partial charge in [0.1, 0.15) is 6.10 Å². The van der Waals surface area contributed by atoms with Gasteiger partial charge in [-0.25, -0.2) is 0 Å². The van der Waals surface area contributed by atoms with Crippen molar-refractivity contribution in [2.45, 2.75) is 38.2 Å². The van der Waals surface area contributed by atoms with Crippen molar-refractivity contribution in [1.29, 1.82) is 0 Å². The second-order valence-corrected chi connectivity index (χ2v) is 5.45. The zero-order valence-corrected chi connectivity index (χ0v) is 11.2. The zero-order valence-electron chi connectivity index (χ0n) is 11.2. The van der Waals surface area contributed by atoms with E-state index in [1.54, 1.807) is 0 Å². The smallest absolute Gasteiger partial charge is 0.310 e. The van der Waals surface area contributed by atoms with E-state index in [1.807, 2.05) is 0 Å². The van der Waals surface area contributed by atoms with Gasteiger partial charge in [0.15, 0.2) is 0 Å². The summed E-state index contributed by atoms with van der Waals surface area (Å²) in [5, 5.41) is 13.3. The Morgan fingerprint density at radius 3 is 2.80 bits per heavy atom. The second kappa shape index (κ2) is 5.49. The maximum atomic E-state index is 11.5. The molecule has 110 valence electrons. The van der Waals surface area contributed by atoms with Gasteiger partial charge in [-0.15, -0.1) is 0 Å². The molecule has 0 radical (unpaired) electrons. The van der Waals surface area contributed by atoms with E-state index >= 15 is 0 Å². The number of aromatic nitrogens is 2. The molecule has 1 aliphatic heterocycles. The molecule has 1 aliphatic carbocycles. The SMILES string of the molecule is O=C(O)C1(Cc2nc(C3COCCO3)no2)CCCC1. The number of aliphatic carboxylic acids is 1. The van der Waals surface area contributed by atoms with Crippen molar-refractivity contribution < 1.29 is 23.9 Å². The summed E-state index contributed by atoms with van der Waals surface area (Å²) in [4.78, 5) is 15.8. The summed E-state index contributed by atoms with van der Waals surface area (Å²) in [6.07, 6.45) is 3.19. The molecule has 2 fully saturated rings. The molecule has 1 aromatic heterocycles. The molecule has 0 aromatic carbocycles. The van der Waals surface area contributed by atoms with Crippen LogP contribution in [0.3, 0.4) is 0 Å². The van der Waals surface area contributed by atoms with Crippen LogP contribution in [0, 0.1) is 5.41 Å². The van der Waals surface area contributed by atoms with Crippen LogP contribution in [0.1, 0.15) is 43.5 Å². The Kier molecular flexibility index (Phi) is 3.71. The molecule has 2 heterocycles. The summed E-state index contributed by atoms with van der Waals surface area (Å²) in [6.45, 7) is 1.49. The topological polar surface area (TPSA) is 94.7 Å². The molecule has 7 nitrogen and oxygen atoms in total. The van der Waals surface area contributed by atoms with Gasteiger partial charge >= 0.3 is 5.97 Å². The number of rotatable bonds is 4. The summed E-state index contributed by atoms with van der Waals surface area (Å²) in [5.74, 6) is 0.0451. The van der Waals surface area contributed by atoms with E-state index in [2.05, 4.69) is 10.1 Å². The molecule has 2 aliphatic rings. The van der Waals surface area contributed by atoms with Crippen LogP contribution in [-0.2, 0) is 20.7 Å². The average molecular weight is 282 g/mol. The van der Waals surface area contributed by atoms with Crippen molar-refractivity contribution >= 4 is 5.97 Å². The summed E-state index contributed by atoms with van der Waals surface area (Å²) in [7, 11) is 0. The monoisotopic (exact) mass is 282 g/mol. The maximum absolute atomic E-state index is 11.5. The van der Waals surface area contributed by atoms with Crippen molar-refractivity contribution in [1.82, 2.24) is 10.1 Å². The number of hydrogen-bond donors (Lipinski definition) is 1. The fourth-order valence-corrected chi connectivity index (χ4v) is 2.91. The van der Waals surface area contributed by atoms with Gasteiger partial charge in [0.2, 0.25) is 11.7 Å². The summed E-state index contributed by atoms with van der Waals surface area (Å²) in [6, 6.07) is 0. The van der Waals surface area contributed by atoms with Crippen molar-refractivity contribution in [3.05, 3.63) is 11.7 Å². The molecule has 20 heavy (non-hydrogen) atoms. The summed E-state index contributed by atoms with van der Waals surface area (Å²) in [5.41, 5.74) is -0.742. The van der Waals surface area contributed by atoms with Gasteiger partial charge in [-0.2, -0.15) is 4.98 Å². The molecule has 1 unspecified atom stereocenters. The molecule has 7 heteroatoms. The van der Waals surface area contributed by atoms with Crippen LogP contribution in [0.25, 0.3) is 0 Å². The zero-order chi connectivity index (χ0) is 14.0. The molecule has 1 aromatic rings. The van der Waals surface area contributed by atoms with E-state index in [1.165, 1.54) is 0 Å². The van der Waals surface area contributed by atoms with E-state index in [-0.39, 0.29) is 6.10 Å². The van der Waals surface area contributed by atoms with Gasteiger partial charge in [-0.3, -0.25) is 4.79 Å². The molecule has 1 saturated carbocycles. The molecular formula is C13H18N2O5. The van der Waals surface area contributed by atoms with Gasteiger partial charge in [-0.05, 0) is 12.8 Å². The minimum absolute atomic E-state index is 0.295. The number of carboxylic acid groups (broad SMARTS) is 1. The molecular weight excluding hydrogens is 264 g/mol. The Morgan fingerprint density at radius 1 is 1.35 bits per heavy atom. The molecule has 0 amide bonds. The number of nitrogens with zero attached hydrogens (tertiary/aromatic N) is 2. The lowest BCUT2D eigenvalue weighted by Crippen LogP contribution is -2.30. The van der Waals surface area contributed by atoms with Gasteiger partial charge in [0.05, 0.1) is 25.2 Å². The van der Waals surface area contributed by atoms with E-state index in [4.69, 9.17) is 14.0 Å². The first kappa shape index (κ1) is 13.5. The second-order valence-electron chi connectivity index (χ2n) is 5.45. The third-order valence-electron chi connectivity index (χ3n) is 4.09. The molecule has 1 N–H and O–H groups in total. The maximum Gasteiger partial charge on any atom is 0.310 e. The Bertz CT molecular complexity index is 475. The van der Waals surface area contributed by atoms with E-state index in [9.17, 15) is 9.90 Å². The minimum atomic E-state index is -0.771. The first-order chi connectivity index (χ1) is 9.70. The molecule has 1 atom stereocenters. The van der Waals surface area contributed by atoms with Crippen molar-refractivity contribution in [3.63, 3.8) is 0 Å². The lowest BCUT2D eigenvalue weighted by atomic mass is 9.83. The van der Waals surface area contributed by atoms with Gasteiger partial charge in [0, 0.05) is 6.42 Å². The van der Waals surface area contributed by atoms with Gasteiger partial charge in [0.25, 0.3) is 0 Å². The van der Waals surface area contributed by atoms with Crippen LogP contribution in [0.4, 0.5) is 0 Å². The highest BCUT2D eigenvalue weighted by atomic mass is 16.6. The van der Waals surface area contributed by atoms with Crippen LogP contribution < -0.4 is 0 Å². The number of ether oxygens (including phenoxy) is 2. The van der Waals surface area contributed by atoms with Crippen molar-refractivity contribution in [2.75, 3.05) is 19.8 Å². The molecule has 0 bridgehead atoms. The summed E-state index contributed by atoms with van der Waals surface area (Å²) < 4.78 is 16.0. The Hall–Kier alpha value is -1.47. The van der Waals surface area contributed by atoms with Crippen LogP contribution in [0.15, 0.2) is 4.52 Å². The first-order valence-corrected chi connectivity index (χ1v) is 6.95. The normalized spacial score (nSPS) is 25.7. The predicted molar refractivity (Wildman–Crippen MR) is 66.1 cm³/mol. The Balaban J connectivity index is 1.71. The quantitative estimate of drug-likeness (QED) is 0.890. The third-order valence-corrected chi connectivity index (χ3v) is 4.09. The van der Waals surface area contributed by atoms with Crippen molar-refractivity contribution in [3.8, 4) is 0 Å². The molecule has 0 spiro atoms. The fraction of sp³-hybridized carbons (Fsp3) is 0.769. The van der Waals surface area contributed by atoms with Crippen LogP contribution >= 0.6 is 0 Å². The number of carboxylic acids is 1. The Morgan fingerprint density at radius 2 is 2.15 bits per heavy atom. The average Bonchev–Trinajstić information content (AvgIpc) is 3.10. The van der Waals surface area contributed by atoms with E-state index < -0.39 is 11.4 Å².